The third-order valence-electron chi connectivity index (χ3n) is 3.37. The van der Waals surface area contributed by atoms with Crippen LogP contribution in [0, 0.1) is 0 Å². The largest absolute Gasteiger partial charge is 0.507 e. The van der Waals surface area contributed by atoms with E-state index in [-0.39, 0.29) is 17.7 Å². The van der Waals surface area contributed by atoms with Crippen LogP contribution in [0.15, 0.2) is 18.2 Å². The first-order valence-corrected chi connectivity index (χ1v) is 6.44. The van der Waals surface area contributed by atoms with Crippen molar-refractivity contribution in [1.29, 1.82) is 0 Å². The summed E-state index contributed by atoms with van der Waals surface area (Å²) < 4.78 is 0. The van der Waals surface area contributed by atoms with Gasteiger partial charge in [-0.05, 0) is 44.1 Å². The molecule has 1 saturated heterocycles. The molecule has 1 heterocycles. The highest BCUT2D eigenvalue weighted by Gasteiger charge is 2.24. The third kappa shape index (κ3) is 2.76. The highest BCUT2D eigenvalue weighted by Crippen LogP contribution is 2.24. The van der Waals surface area contributed by atoms with E-state index < -0.39 is 0 Å². The Hall–Kier alpha value is -1.26. The molecule has 0 radical (unpaired) electrons. The first kappa shape index (κ1) is 13.2. The molecule has 0 saturated carbocycles. The first-order valence-electron chi connectivity index (χ1n) is 6.06. The molecule has 0 bridgehead atoms. The number of hydrogen-bond donors (Lipinski definition) is 2. The van der Waals surface area contributed by atoms with E-state index in [9.17, 15) is 9.90 Å². The van der Waals surface area contributed by atoms with Crippen LogP contribution in [-0.4, -0.2) is 42.1 Å². The van der Waals surface area contributed by atoms with E-state index in [0.29, 0.717) is 10.6 Å². The van der Waals surface area contributed by atoms with Crippen molar-refractivity contribution in [2.75, 3.05) is 20.1 Å². The molecule has 1 aliphatic rings. The molecular weight excluding hydrogens is 252 g/mol. The quantitative estimate of drug-likeness (QED) is 0.861. The molecule has 18 heavy (non-hydrogen) atoms. The fraction of sp³-hybridized carbons (Fsp3) is 0.462. The van der Waals surface area contributed by atoms with E-state index in [0.717, 1.165) is 25.9 Å². The van der Waals surface area contributed by atoms with E-state index in [1.54, 1.807) is 24.1 Å². The highest BCUT2D eigenvalue weighted by atomic mass is 35.5. The van der Waals surface area contributed by atoms with Crippen molar-refractivity contribution in [3.8, 4) is 5.75 Å². The predicted octanol–water partition coefficient (Wildman–Crippen LogP) is 1.87. The number of halogens is 1. The molecule has 98 valence electrons. The Morgan fingerprint density at radius 1 is 1.44 bits per heavy atom. The van der Waals surface area contributed by atoms with Crippen molar-refractivity contribution in [3.05, 3.63) is 28.8 Å². The Morgan fingerprint density at radius 2 is 2.11 bits per heavy atom. The Balaban J connectivity index is 2.14. The number of benzene rings is 1. The molecule has 0 aromatic heterocycles. The Morgan fingerprint density at radius 3 is 2.72 bits per heavy atom. The fourth-order valence-corrected chi connectivity index (χ4v) is 2.40. The minimum absolute atomic E-state index is 0.0618. The summed E-state index contributed by atoms with van der Waals surface area (Å²) in [5.74, 6) is -0.218. The van der Waals surface area contributed by atoms with Crippen LogP contribution in [-0.2, 0) is 0 Å². The lowest BCUT2D eigenvalue weighted by atomic mass is 10.0. The maximum Gasteiger partial charge on any atom is 0.257 e. The number of carbonyl (C=O) groups excluding carboxylic acids is 1. The number of phenolic OH excluding ortho intramolecular Hbond substituents is 1. The number of aromatic hydroxyl groups is 1. The molecule has 4 nitrogen and oxygen atoms in total. The summed E-state index contributed by atoms with van der Waals surface area (Å²) in [6.07, 6.45) is 1.88. The summed E-state index contributed by atoms with van der Waals surface area (Å²) in [4.78, 5) is 14.0. The summed E-state index contributed by atoms with van der Waals surface area (Å²) in [5.41, 5.74) is 0.306. The lowest BCUT2D eigenvalue weighted by Gasteiger charge is -2.31. The standard InChI is InChI=1S/C13H17ClN2O2/c1-16(10-4-6-15-7-5-10)13(18)11-3-2-9(14)8-12(11)17/h2-3,8,10,15,17H,4-7H2,1H3. The number of nitrogens with zero attached hydrogens (tertiary/aromatic N) is 1. The van der Waals surface area contributed by atoms with Crippen molar-refractivity contribution in [2.24, 2.45) is 0 Å². The molecule has 1 aromatic carbocycles. The van der Waals surface area contributed by atoms with Gasteiger partial charge < -0.3 is 15.3 Å². The van der Waals surface area contributed by atoms with Gasteiger partial charge in [0.25, 0.3) is 5.91 Å². The topological polar surface area (TPSA) is 52.6 Å². The average molecular weight is 269 g/mol. The number of phenols is 1. The molecule has 0 spiro atoms. The van der Waals surface area contributed by atoms with Crippen molar-refractivity contribution in [1.82, 2.24) is 10.2 Å². The van der Waals surface area contributed by atoms with Crippen LogP contribution in [0.2, 0.25) is 5.02 Å². The van der Waals surface area contributed by atoms with Gasteiger partial charge in [-0.15, -0.1) is 0 Å². The van der Waals surface area contributed by atoms with E-state index in [2.05, 4.69) is 5.32 Å². The van der Waals surface area contributed by atoms with Crippen LogP contribution in [0.1, 0.15) is 23.2 Å². The third-order valence-corrected chi connectivity index (χ3v) is 3.60. The van der Waals surface area contributed by atoms with Crippen LogP contribution in [0.25, 0.3) is 0 Å². The number of nitrogens with one attached hydrogen (secondary N) is 1. The van der Waals surface area contributed by atoms with Gasteiger partial charge in [0.1, 0.15) is 5.75 Å². The molecule has 0 atom stereocenters. The van der Waals surface area contributed by atoms with Gasteiger partial charge in [-0.25, -0.2) is 0 Å². The van der Waals surface area contributed by atoms with Crippen LogP contribution in [0.3, 0.4) is 0 Å². The van der Waals surface area contributed by atoms with Gasteiger partial charge in [-0.2, -0.15) is 0 Å². The predicted molar refractivity (Wildman–Crippen MR) is 71.1 cm³/mol. The summed E-state index contributed by atoms with van der Waals surface area (Å²) in [5, 5.41) is 13.5. The molecule has 1 aromatic rings. The second-order valence-corrected chi connectivity index (χ2v) is 5.00. The molecule has 0 aliphatic carbocycles. The SMILES string of the molecule is CN(C(=O)c1ccc(Cl)cc1O)C1CCNCC1. The number of hydrogen-bond acceptors (Lipinski definition) is 3. The van der Waals surface area contributed by atoms with Gasteiger partial charge in [-0.1, -0.05) is 11.6 Å². The molecule has 2 rings (SSSR count). The summed E-state index contributed by atoms with van der Waals surface area (Å²) in [7, 11) is 1.78. The molecule has 2 N–H and O–H groups in total. The molecule has 0 unspecified atom stereocenters. The van der Waals surface area contributed by atoms with Gasteiger partial charge in [0.2, 0.25) is 0 Å². The van der Waals surface area contributed by atoms with Gasteiger partial charge >= 0.3 is 0 Å². The van der Waals surface area contributed by atoms with Crippen molar-refractivity contribution in [3.63, 3.8) is 0 Å². The number of rotatable bonds is 2. The zero-order valence-corrected chi connectivity index (χ0v) is 11.1. The van der Waals surface area contributed by atoms with Crippen molar-refractivity contribution in [2.45, 2.75) is 18.9 Å². The van der Waals surface area contributed by atoms with E-state index in [1.165, 1.54) is 6.07 Å². The lowest BCUT2D eigenvalue weighted by Crippen LogP contribution is -2.43. The summed E-state index contributed by atoms with van der Waals surface area (Å²) >= 11 is 5.76. The van der Waals surface area contributed by atoms with Crippen LogP contribution >= 0.6 is 11.6 Å². The summed E-state index contributed by atoms with van der Waals surface area (Å²) in [6, 6.07) is 4.81. The van der Waals surface area contributed by atoms with E-state index >= 15 is 0 Å². The van der Waals surface area contributed by atoms with Gasteiger partial charge in [0.15, 0.2) is 0 Å². The highest BCUT2D eigenvalue weighted by molar-refractivity contribution is 6.30. The maximum atomic E-state index is 12.3. The molecule has 1 amide bonds. The van der Waals surface area contributed by atoms with Gasteiger partial charge in [0, 0.05) is 18.1 Å². The minimum Gasteiger partial charge on any atom is -0.507 e. The second kappa shape index (κ2) is 5.59. The maximum absolute atomic E-state index is 12.3. The molecule has 1 aliphatic heterocycles. The smallest absolute Gasteiger partial charge is 0.257 e. The Bertz CT molecular complexity index is 445. The second-order valence-electron chi connectivity index (χ2n) is 4.56. The molecule has 5 heteroatoms. The first-order chi connectivity index (χ1) is 8.59. The fourth-order valence-electron chi connectivity index (χ4n) is 2.24. The van der Waals surface area contributed by atoms with Crippen LogP contribution < -0.4 is 5.32 Å². The minimum atomic E-state index is -0.156. The number of carbonyl (C=O) groups is 1. The van der Waals surface area contributed by atoms with Crippen molar-refractivity contribution >= 4 is 17.5 Å². The van der Waals surface area contributed by atoms with Crippen LogP contribution in [0.4, 0.5) is 0 Å². The van der Waals surface area contributed by atoms with E-state index in [1.807, 2.05) is 0 Å². The zero-order valence-electron chi connectivity index (χ0n) is 10.3. The normalized spacial score (nSPS) is 16.6. The number of piperidine rings is 1. The number of amides is 1. The van der Waals surface area contributed by atoms with Gasteiger partial charge in [-0.3, -0.25) is 4.79 Å². The van der Waals surface area contributed by atoms with Crippen molar-refractivity contribution < 1.29 is 9.90 Å². The Labute approximate surface area is 112 Å². The van der Waals surface area contributed by atoms with Gasteiger partial charge in [0.05, 0.1) is 5.56 Å². The van der Waals surface area contributed by atoms with E-state index in [4.69, 9.17) is 11.6 Å². The summed E-state index contributed by atoms with van der Waals surface area (Å²) in [6.45, 7) is 1.85. The molecule has 1 fully saturated rings. The lowest BCUT2D eigenvalue weighted by molar-refractivity contribution is 0.0700. The Kier molecular flexibility index (Phi) is 4.09. The molecular formula is C13H17ClN2O2. The monoisotopic (exact) mass is 268 g/mol. The van der Waals surface area contributed by atoms with Crippen LogP contribution in [0.5, 0.6) is 5.75 Å². The zero-order chi connectivity index (χ0) is 13.1. The average Bonchev–Trinajstić information content (AvgIpc) is 2.38.